The summed E-state index contributed by atoms with van der Waals surface area (Å²) in [4.78, 5) is 14.5. The van der Waals surface area contributed by atoms with E-state index >= 15 is 0 Å². The molecule has 3 heterocycles. The number of nitrogens with two attached hydrogens (primary N) is 1. The molecule has 0 aliphatic carbocycles. The maximum Gasteiger partial charge on any atom is 0.274 e. The Kier molecular flexibility index (Phi) is 6.96. The van der Waals surface area contributed by atoms with Crippen molar-refractivity contribution in [3.63, 3.8) is 0 Å². The summed E-state index contributed by atoms with van der Waals surface area (Å²) >= 11 is 0. The molecular formula is C16H28Cl2N4O2. The molecule has 0 spiro atoms. The molecule has 2 aliphatic rings. The molecule has 0 unspecified atom stereocenters. The van der Waals surface area contributed by atoms with Crippen molar-refractivity contribution in [3.05, 3.63) is 11.8 Å². The predicted octanol–water partition coefficient (Wildman–Crippen LogP) is 2.34. The molecule has 0 aromatic carbocycles. The molecule has 138 valence electrons. The Labute approximate surface area is 155 Å². The number of nitrogens with zero attached hydrogens (tertiary/aromatic N) is 3. The molecule has 1 saturated heterocycles. The van der Waals surface area contributed by atoms with E-state index in [1.54, 1.807) is 10.7 Å². The zero-order valence-corrected chi connectivity index (χ0v) is 16.2. The number of ether oxygens (including phenoxy) is 1. The van der Waals surface area contributed by atoms with Crippen molar-refractivity contribution >= 4 is 30.7 Å². The minimum absolute atomic E-state index is 0. The van der Waals surface area contributed by atoms with Gasteiger partial charge < -0.3 is 15.4 Å². The molecule has 8 heteroatoms. The standard InChI is InChI=1S/C16H26N4O2.2ClH/c1-16(2,3)8-11-9-19(10-12(11)17)15(21)13-7-14-20(18-13)5-4-6-22-14;;/h7,11-12H,4-6,8-10,17H2,1-3H3;2*1H/t11-,12-;;/m1../s1. The van der Waals surface area contributed by atoms with Crippen LogP contribution in [-0.2, 0) is 6.54 Å². The molecule has 1 fully saturated rings. The van der Waals surface area contributed by atoms with Gasteiger partial charge in [-0.15, -0.1) is 24.8 Å². The van der Waals surface area contributed by atoms with Gasteiger partial charge in [0, 0.05) is 38.2 Å². The molecule has 0 radical (unpaired) electrons. The smallest absolute Gasteiger partial charge is 0.274 e. The molecule has 1 aromatic heterocycles. The van der Waals surface area contributed by atoms with Gasteiger partial charge in [0.15, 0.2) is 5.69 Å². The average molecular weight is 379 g/mol. The molecule has 2 atom stereocenters. The van der Waals surface area contributed by atoms with Gasteiger partial charge in [0.25, 0.3) is 5.91 Å². The van der Waals surface area contributed by atoms with Gasteiger partial charge >= 0.3 is 0 Å². The highest BCUT2D eigenvalue weighted by Gasteiger charge is 2.36. The van der Waals surface area contributed by atoms with Crippen molar-refractivity contribution in [3.8, 4) is 5.88 Å². The summed E-state index contributed by atoms with van der Waals surface area (Å²) in [5.41, 5.74) is 6.94. The van der Waals surface area contributed by atoms with Crippen LogP contribution in [0.2, 0.25) is 0 Å². The van der Waals surface area contributed by atoms with Crippen molar-refractivity contribution in [2.24, 2.45) is 17.1 Å². The van der Waals surface area contributed by atoms with Crippen LogP contribution in [0.5, 0.6) is 5.88 Å². The lowest BCUT2D eigenvalue weighted by Gasteiger charge is -2.24. The first-order chi connectivity index (χ1) is 10.3. The Balaban J connectivity index is 0.00000144. The third kappa shape index (κ3) is 4.55. The minimum atomic E-state index is -0.0302. The van der Waals surface area contributed by atoms with E-state index in [0.717, 1.165) is 25.9 Å². The summed E-state index contributed by atoms with van der Waals surface area (Å²) < 4.78 is 7.31. The minimum Gasteiger partial charge on any atom is -0.478 e. The molecule has 6 nitrogen and oxygen atoms in total. The van der Waals surface area contributed by atoms with Crippen LogP contribution in [-0.4, -0.2) is 46.3 Å². The van der Waals surface area contributed by atoms with Crippen LogP contribution < -0.4 is 10.5 Å². The molecule has 2 aliphatic heterocycles. The molecular weight excluding hydrogens is 351 g/mol. The molecule has 0 saturated carbocycles. The quantitative estimate of drug-likeness (QED) is 0.856. The highest BCUT2D eigenvalue weighted by molar-refractivity contribution is 5.93. The molecule has 1 amide bonds. The van der Waals surface area contributed by atoms with Crippen LogP contribution in [0.4, 0.5) is 0 Å². The summed E-state index contributed by atoms with van der Waals surface area (Å²) in [6.07, 6.45) is 1.96. The number of rotatable bonds is 2. The summed E-state index contributed by atoms with van der Waals surface area (Å²) in [5, 5.41) is 4.38. The number of carbonyl (C=O) groups excluding carboxylic acids is 1. The third-order valence-electron chi connectivity index (χ3n) is 4.38. The second-order valence-corrected chi connectivity index (χ2v) is 7.69. The number of halogens is 2. The zero-order chi connectivity index (χ0) is 15.9. The maximum absolute atomic E-state index is 12.7. The molecule has 2 N–H and O–H groups in total. The Morgan fingerprint density at radius 1 is 1.38 bits per heavy atom. The number of hydrogen-bond acceptors (Lipinski definition) is 4. The lowest BCUT2D eigenvalue weighted by atomic mass is 9.83. The van der Waals surface area contributed by atoms with Crippen molar-refractivity contribution < 1.29 is 9.53 Å². The van der Waals surface area contributed by atoms with Gasteiger partial charge in [-0.25, -0.2) is 4.68 Å². The van der Waals surface area contributed by atoms with E-state index in [9.17, 15) is 4.79 Å². The second-order valence-electron chi connectivity index (χ2n) is 7.69. The number of fused-ring (bicyclic) bond motifs is 1. The number of hydrogen-bond donors (Lipinski definition) is 1. The number of amides is 1. The van der Waals surface area contributed by atoms with E-state index in [-0.39, 0.29) is 42.2 Å². The fourth-order valence-electron chi connectivity index (χ4n) is 3.40. The van der Waals surface area contributed by atoms with E-state index in [0.29, 0.717) is 30.6 Å². The van der Waals surface area contributed by atoms with Gasteiger partial charge in [-0.2, -0.15) is 5.10 Å². The zero-order valence-electron chi connectivity index (χ0n) is 14.5. The Bertz CT molecular complexity index is 547. The van der Waals surface area contributed by atoms with Crippen molar-refractivity contribution in [2.75, 3.05) is 19.7 Å². The number of aromatic nitrogens is 2. The van der Waals surface area contributed by atoms with Crippen LogP contribution in [0.3, 0.4) is 0 Å². The van der Waals surface area contributed by atoms with Crippen molar-refractivity contribution in [2.45, 2.75) is 46.2 Å². The van der Waals surface area contributed by atoms with Gasteiger partial charge in [0.1, 0.15) is 0 Å². The summed E-state index contributed by atoms with van der Waals surface area (Å²) in [6, 6.07) is 1.81. The average Bonchev–Trinajstić information content (AvgIpc) is 3.00. The number of aryl methyl sites for hydroxylation is 1. The number of likely N-dealkylation sites (tertiary alicyclic amines) is 1. The summed E-state index contributed by atoms with van der Waals surface area (Å²) in [5.74, 6) is 1.03. The summed E-state index contributed by atoms with van der Waals surface area (Å²) in [7, 11) is 0. The van der Waals surface area contributed by atoms with Crippen molar-refractivity contribution in [1.29, 1.82) is 0 Å². The Hall–Kier alpha value is -0.980. The number of carbonyl (C=O) groups is 1. The van der Waals surface area contributed by atoms with Gasteiger partial charge in [-0.3, -0.25) is 4.79 Å². The molecule has 3 rings (SSSR count). The SMILES string of the molecule is CC(C)(C)C[C@@H]1CN(C(=O)c2cc3n(n2)CCCO3)C[C@H]1N.Cl.Cl. The fraction of sp³-hybridized carbons (Fsp3) is 0.750. The largest absolute Gasteiger partial charge is 0.478 e. The monoisotopic (exact) mass is 378 g/mol. The van der Waals surface area contributed by atoms with Gasteiger partial charge in [0.2, 0.25) is 5.88 Å². The lowest BCUT2D eigenvalue weighted by molar-refractivity contribution is 0.0776. The van der Waals surface area contributed by atoms with E-state index < -0.39 is 0 Å². The highest BCUT2D eigenvalue weighted by Crippen LogP contribution is 2.30. The molecule has 24 heavy (non-hydrogen) atoms. The van der Waals surface area contributed by atoms with Crippen LogP contribution in [0, 0.1) is 11.3 Å². The van der Waals surface area contributed by atoms with Gasteiger partial charge in [-0.1, -0.05) is 20.8 Å². The fourth-order valence-corrected chi connectivity index (χ4v) is 3.40. The first-order valence-corrected chi connectivity index (χ1v) is 8.09. The molecule has 0 bridgehead atoms. The summed E-state index contributed by atoms with van der Waals surface area (Å²) in [6.45, 7) is 9.49. The second kappa shape index (κ2) is 7.93. The van der Waals surface area contributed by atoms with Crippen LogP contribution in [0.25, 0.3) is 0 Å². The van der Waals surface area contributed by atoms with Gasteiger partial charge in [-0.05, 0) is 17.8 Å². The van der Waals surface area contributed by atoms with Gasteiger partial charge in [0.05, 0.1) is 6.61 Å². The first kappa shape index (κ1) is 21.1. The topological polar surface area (TPSA) is 73.4 Å². The van der Waals surface area contributed by atoms with E-state index in [1.165, 1.54) is 0 Å². The van der Waals surface area contributed by atoms with E-state index in [1.807, 2.05) is 4.90 Å². The van der Waals surface area contributed by atoms with Crippen LogP contribution >= 0.6 is 24.8 Å². The van der Waals surface area contributed by atoms with E-state index in [2.05, 4.69) is 25.9 Å². The van der Waals surface area contributed by atoms with Crippen molar-refractivity contribution in [1.82, 2.24) is 14.7 Å². The molecule has 1 aromatic rings. The Morgan fingerprint density at radius 2 is 2.08 bits per heavy atom. The normalized spacial score (nSPS) is 22.9. The van der Waals surface area contributed by atoms with Crippen LogP contribution in [0.15, 0.2) is 6.07 Å². The highest BCUT2D eigenvalue weighted by atomic mass is 35.5. The Morgan fingerprint density at radius 3 is 2.71 bits per heavy atom. The first-order valence-electron chi connectivity index (χ1n) is 8.09. The maximum atomic E-state index is 12.7. The third-order valence-corrected chi connectivity index (χ3v) is 4.38. The lowest BCUT2D eigenvalue weighted by Crippen LogP contribution is -2.33. The van der Waals surface area contributed by atoms with E-state index in [4.69, 9.17) is 10.5 Å². The predicted molar refractivity (Wildman–Crippen MR) is 98.3 cm³/mol. The van der Waals surface area contributed by atoms with Crippen LogP contribution in [0.1, 0.15) is 44.1 Å².